The summed E-state index contributed by atoms with van der Waals surface area (Å²) in [6, 6.07) is 0.560. The zero-order chi connectivity index (χ0) is 13.0. The maximum Gasteiger partial charge on any atom is 0.194 e. The first-order valence-electron chi connectivity index (χ1n) is 7.35. The predicted molar refractivity (Wildman–Crippen MR) is 73.7 cm³/mol. The molecule has 3 nitrogen and oxygen atoms in total. The summed E-state index contributed by atoms with van der Waals surface area (Å²) in [4.78, 5) is 4.42. The molecule has 1 fully saturated rings. The van der Waals surface area contributed by atoms with E-state index in [1.807, 2.05) is 6.20 Å². The molecule has 0 aliphatic heterocycles. The van der Waals surface area contributed by atoms with Crippen molar-refractivity contribution < 1.29 is 4.42 Å². The van der Waals surface area contributed by atoms with Crippen LogP contribution >= 0.6 is 0 Å². The zero-order valence-corrected chi connectivity index (χ0v) is 11.9. The van der Waals surface area contributed by atoms with E-state index in [2.05, 4.69) is 31.1 Å². The monoisotopic (exact) mass is 250 g/mol. The van der Waals surface area contributed by atoms with Crippen LogP contribution in [0.3, 0.4) is 0 Å². The molecule has 2 rings (SSSR count). The fourth-order valence-corrected chi connectivity index (χ4v) is 2.81. The Hall–Kier alpha value is -0.830. The van der Waals surface area contributed by atoms with Crippen LogP contribution in [0.2, 0.25) is 0 Å². The third-order valence-electron chi connectivity index (χ3n) is 3.92. The van der Waals surface area contributed by atoms with Crippen LogP contribution in [-0.2, 0) is 6.42 Å². The van der Waals surface area contributed by atoms with Crippen molar-refractivity contribution in [3.63, 3.8) is 0 Å². The largest absolute Gasteiger partial charge is 0.445 e. The molecular weight excluding hydrogens is 224 g/mol. The van der Waals surface area contributed by atoms with Crippen LogP contribution in [-0.4, -0.2) is 17.6 Å². The van der Waals surface area contributed by atoms with E-state index in [0.717, 1.165) is 37.0 Å². The highest BCUT2D eigenvalue weighted by atomic mass is 16.4. The molecule has 102 valence electrons. The van der Waals surface area contributed by atoms with E-state index in [1.165, 1.54) is 19.3 Å². The van der Waals surface area contributed by atoms with Crippen LogP contribution in [0.25, 0.3) is 0 Å². The first kappa shape index (κ1) is 13.6. The van der Waals surface area contributed by atoms with Crippen LogP contribution in [0.4, 0.5) is 0 Å². The van der Waals surface area contributed by atoms with Gasteiger partial charge < -0.3 is 9.73 Å². The molecule has 2 unspecified atom stereocenters. The third kappa shape index (κ3) is 3.58. The van der Waals surface area contributed by atoms with Crippen molar-refractivity contribution >= 4 is 0 Å². The molecule has 0 bridgehead atoms. The Kier molecular flexibility index (Phi) is 4.81. The van der Waals surface area contributed by atoms with Crippen molar-refractivity contribution in [3.8, 4) is 0 Å². The fourth-order valence-electron chi connectivity index (χ4n) is 2.81. The van der Waals surface area contributed by atoms with Gasteiger partial charge in [-0.15, -0.1) is 0 Å². The van der Waals surface area contributed by atoms with E-state index in [-0.39, 0.29) is 0 Å². The minimum atomic E-state index is 0.560. The van der Waals surface area contributed by atoms with Crippen molar-refractivity contribution in [1.29, 1.82) is 0 Å². The number of hydrogen-bond acceptors (Lipinski definition) is 3. The molecule has 1 N–H and O–H groups in total. The standard InChI is InChI=1S/C15H26N2O/c1-11(2)16-9-5-8-15-17-10-14(18-15)13-7-4-6-12(13)3/h10-13,16H,4-9H2,1-3H3. The second kappa shape index (κ2) is 6.37. The summed E-state index contributed by atoms with van der Waals surface area (Å²) in [5.74, 6) is 3.40. The molecule has 1 aromatic heterocycles. The molecule has 0 spiro atoms. The molecule has 0 radical (unpaired) electrons. The topological polar surface area (TPSA) is 38.1 Å². The number of nitrogens with one attached hydrogen (secondary N) is 1. The lowest BCUT2D eigenvalue weighted by Gasteiger charge is -2.10. The summed E-state index contributed by atoms with van der Waals surface area (Å²) in [5, 5.41) is 3.42. The normalized spacial score (nSPS) is 24.0. The summed E-state index contributed by atoms with van der Waals surface area (Å²) in [6.07, 6.45) is 7.93. The lowest BCUT2D eigenvalue weighted by molar-refractivity contribution is 0.385. The fraction of sp³-hybridized carbons (Fsp3) is 0.800. The molecule has 18 heavy (non-hydrogen) atoms. The first-order chi connectivity index (χ1) is 8.66. The van der Waals surface area contributed by atoms with Gasteiger partial charge in [-0.2, -0.15) is 0 Å². The van der Waals surface area contributed by atoms with Gasteiger partial charge in [0.15, 0.2) is 5.89 Å². The Bertz CT molecular complexity index is 359. The van der Waals surface area contributed by atoms with Gasteiger partial charge in [-0.25, -0.2) is 4.98 Å². The Morgan fingerprint density at radius 1 is 1.44 bits per heavy atom. The summed E-state index contributed by atoms with van der Waals surface area (Å²) < 4.78 is 5.91. The molecule has 1 aromatic rings. The minimum Gasteiger partial charge on any atom is -0.445 e. The van der Waals surface area contributed by atoms with Crippen molar-refractivity contribution in [2.24, 2.45) is 5.92 Å². The molecule has 1 heterocycles. The summed E-state index contributed by atoms with van der Waals surface area (Å²) in [6.45, 7) is 7.71. The van der Waals surface area contributed by atoms with Crippen LogP contribution in [0.5, 0.6) is 0 Å². The molecule has 0 saturated heterocycles. The second-order valence-corrected chi connectivity index (χ2v) is 5.88. The van der Waals surface area contributed by atoms with Crippen molar-refractivity contribution in [3.05, 3.63) is 17.8 Å². The molecule has 0 aromatic carbocycles. The van der Waals surface area contributed by atoms with Crippen molar-refractivity contribution in [2.75, 3.05) is 6.54 Å². The van der Waals surface area contributed by atoms with Gasteiger partial charge in [0.2, 0.25) is 0 Å². The molecule has 1 aliphatic rings. The van der Waals surface area contributed by atoms with Crippen LogP contribution in [0.15, 0.2) is 10.6 Å². The smallest absolute Gasteiger partial charge is 0.194 e. The second-order valence-electron chi connectivity index (χ2n) is 5.88. The lowest BCUT2D eigenvalue weighted by atomic mass is 9.96. The molecule has 3 heteroatoms. The lowest BCUT2D eigenvalue weighted by Crippen LogP contribution is -2.23. The van der Waals surface area contributed by atoms with Gasteiger partial charge in [-0.3, -0.25) is 0 Å². The van der Waals surface area contributed by atoms with Crippen molar-refractivity contribution in [1.82, 2.24) is 10.3 Å². The van der Waals surface area contributed by atoms with E-state index in [9.17, 15) is 0 Å². The highest BCUT2D eigenvalue weighted by Crippen LogP contribution is 2.39. The highest BCUT2D eigenvalue weighted by Gasteiger charge is 2.27. The number of nitrogens with zero attached hydrogens (tertiary/aromatic N) is 1. The average Bonchev–Trinajstić information content (AvgIpc) is 2.92. The summed E-state index contributed by atoms with van der Waals surface area (Å²) >= 11 is 0. The Morgan fingerprint density at radius 3 is 2.94 bits per heavy atom. The van der Waals surface area contributed by atoms with E-state index in [0.29, 0.717) is 12.0 Å². The maximum atomic E-state index is 5.91. The van der Waals surface area contributed by atoms with Crippen LogP contribution in [0.1, 0.15) is 64.0 Å². The Labute approximate surface area is 110 Å². The van der Waals surface area contributed by atoms with Gasteiger partial charge in [0, 0.05) is 18.4 Å². The molecule has 2 atom stereocenters. The van der Waals surface area contributed by atoms with E-state index in [1.54, 1.807) is 0 Å². The number of aryl methyl sites for hydroxylation is 1. The zero-order valence-electron chi connectivity index (χ0n) is 11.9. The highest BCUT2D eigenvalue weighted by molar-refractivity contribution is 5.05. The van der Waals surface area contributed by atoms with Crippen LogP contribution in [0, 0.1) is 5.92 Å². The van der Waals surface area contributed by atoms with Crippen LogP contribution < -0.4 is 5.32 Å². The average molecular weight is 250 g/mol. The quantitative estimate of drug-likeness (QED) is 0.785. The van der Waals surface area contributed by atoms with E-state index < -0.39 is 0 Å². The van der Waals surface area contributed by atoms with Gasteiger partial charge in [0.05, 0.1) is 6.20 Å². The SMILES string of the molecule is CC(C)NCCCc1ncc(C2CCCC2C)o1. The number of rotatable bonds is 6. The molecule has 1 saturated carbocycles. The Morgan fingerprint density at radius 2 is 2.28 bits per heavy atom. The first-order valence-corrected chi connectivity index (χ1v) is 7.35. The van der Waals surface area contributed by atoms with E-state index in [4.69, 9.17) is 4.42 Å². The van der Waals surface area contributed by atoms with Gasteiger partial charge >= 0.3 is 0 Å². The summed E-state index contributed by atoms with van der Waals surface area (Å²) in [5.41, 5.74) is 0. The number of aromatic nitrogens is 1. The van der Waals surface area contributed by atoms with Gasteiger partial charge in [0.25, 0.3) is 0 Å². The third-order valence-corrected chi connectivity index (χ3v) is 3.92. The van der Waals surface area contributed by atoms with Gasteiger partial charge in [0.1, 0.15) is 5.76 Å². The van der Waals surface area contributed by atoms with E-state index >= 15 is 0 Å². The Balaban J connectivity index is 1.79. The summed E-state index contributed by atoms with van der Waals surface area (Å²) in [7, 11) is 0. The predicted octanol–water partition coefficient (Wildman–Crippen LogP) is 3.51. The maximum absolute atomic E-state index is 5.91. The molecular formula is C15H26N2O. The minimum absolute atomic E-state index is 0.560. The van der Waals surface area contributed by atoms with Crippen molar-refractivity contribution in [2.45, 2.75) is 64.8 Å². The number of hydrogen-bond donors (Lipinski definition) is 1. The number of oxazole rings is 1. The van der Waals surface area contributed by atoms with Gasteiger partial charge in [-0.05, 0) is 31.7 Å². The molecule has 1 aliphatic carbocycles. The molecule has 0 amide bonds. The van der Waals surface area contributed by atoms with Gasteiger partial charge in [-0.1, -0.05) is 27.2 Å².